The van der Waals surface area contributed by atoms with Crippen molar-refractivity contribution in [3.63, 3.8) is 0 Å². The maximum absolute atomic E-state index is 4.31. The van der Waals surface area contributed by atoms with E-state index in [-0.39, 0.29) is 0 Å². The molecule has 2 nitrogen and oxygen atoms in total. The standard InChI is InChI=1S/C15H20N2S/c1-11(9-14-7-5-4-6-8-14)17-13(3)15-12(2)16-10-18-15/h4-8,10-11,13,17H,9H2,1-3H3. The van der Waals surface area contributed by atoms with Crippen LogP contribution in [0.5, 0.6) is 0 Å². The fourth-order valence-electron chi connectivity index (χ4n) is 2.26. The minimum absolute atomic E-state index is 0.371. The van der Waals surface area contributed by atoms with Crippen LogP contribution in [0.25, 0.3) is 0 Å². The van der Waals surface area contributed by atoms with E-state index in [9.17, 15) is 0 Å². The Morgan fingerprint density at radius 3 is 2.56 bits per heavy atom. The molecular weight excluding hydrogens is 240 g/mol. The summed E-state index contributed by atoms with van der Waals surface area (Å²) >= 11 is 1.73. The van der Waals surface area contributed by atoms with Crippen molar-refractivity contribution < 1.29 is 0 Å². The Hall–Kier alpha value is -1.19. The first-order chi connectivity index (χ1) is 8.66. The molecule has 3 heteroatoms. The van der Waals surface area contributed by atoms with Gasteiger partial charge >= 0.3 is 0 Å². The molecule has 1 aromatic heterocycles. The van der Waals surface area contributed by atoms with Gasteiger partial charge < -0.3 is 5.32 Å². The number of thiazole rings is 1. The molecule has 0 bridgehead atoms. The van der Waals surface area contributed by atoms with E-state index < -0.39 is 0 Å². The van der Waals surface area contributed by atoms with Gasteiger partial charge in [-0.2, -0.15) is 0 Å². The van der Waals surface area contributed by atoms with Gasteiger partial charge in [0.25, 0.3) is 0 Å². The Balaban J connectivity index is 1.92. The van der Waals surface area contributed by atoms with Crippen molar-refractivity contribution in [2.75, 3.05) is 0 Å². The van der Waals surface area contributed by atoms with E-state index in [1.54, 1.807) is 11.3 Å². The molecule has 2 aromatic rings. The molecule has 1 heterocycles. The Bertz CT molecular complexity index is 478. The van der Waals surface area contributed by atoms with E-state index in [1.807, 2.05) is 5.51 Å². The van der Waals surface area contributed by atoms with Gasteiger partial charge in [-0.1, -0.05) is 30.3 Å². The smallest absolute Gasteiger partial charge is 0.0798 e. The summed E-state index contributed by atoms with van der Waals surface area (Å²) in [5.41, 5.74) is 4.45. The first kappa shape index (κ1) is 13.2. The van der Waals surface area contributed by atoms with Gasteiger partial charge in [0.1, 0.15) is 0 Å². The molecular formula is C15H20N2S. The van der Waals surface area contributed by atoms with Crippen LogP contribution in [-0.4, -0.2) is 11.0 Å². The molecule has 2 unspecified atom stereocenters. The number of rotatable bonds is 5. The molecule has 18 heavy (non-hydrogen) atoms. The highest BCUT2D eigenvalue weighted by atomic mass is 32.1. The van der Waals surface area contributed by atoms with Crippen molar-refractivity contribution in [3.8, 4) is 0 Å². The quantitative estimate of drug-likeness (QED) is 0.886. The molecule has 0 aliphatic rings. The summed E-state index contributed by atoms with van der Waals surface area (Å²) in [7, 11) is 0. The van der Waals surface area contributed by atoms with Crippen LogP contribution in [0.15, 0.2) is 35.8 Å². The average molecular weight is 260 g/mol. The van der Waals surface area contributed by atoms with Gasteiger partial charge in [-0.05, 0) is 32.8 Å². The van der Waals surface area contributed by atoms with Crippen molar-refractivity contribution in [3.05, 3.63) is 52.0 Å². The molecule has 2 rings (SSSR count). The molecule has 0 aliphatic heterocycles. The third kappa shape index (κ3) is 3.40. The zero-order valence-corrected chi connectivity index (χ0v) is 12.0. The average Bonchev–Trinajstić information content (AvgIpc) is 2.76. The van der Waals surface area contributed by atoms with Gasteiger partial charge in [0, 0.05) is 17.0 Å². The normalized spacial score (nSPS) is 14.4. The number of aromatic nitrogens is 1. The molecule has 2 atom stereocenters. The largest absolute Gasteiger partial charge is 0.307 e. The Morgan fingerprint density at radius 1 is 1.22 bits per heavy atom. The minimum atomic E-state index is 0.371. The van der Waals surface area contributed by atoms with Crippen LogP contribution < -0.4 is 5.32 Å². The first-order valence-electron chi connectivity index (χ1n) is 6.36. The Kier molecular flexibility index (Phi) is 4.50. The molecule has 0 saturated heterocycles. The second kappa shape index (κ2) is 6.12. The summed E-state index contributed by atoms with van der Waals surface area (Å²) in [4.78, 5) is 5.65. The number of benzene rings is 1. The first-order valence-corrected chi connectivity index (χ1v) is 7.24. The van der Waals surface area contributed by atoms with Gasteiger partial charge in [-0.3, -0.25) is 0 Å². The molecule has 1 aromatic carbocycles. The van der Waals surface area contributed by atoms with Crippen molar-refractivity contribution in [1.29, 1.82) is 0 Å². The summed E-state index contributed by atoms with van der Waals surface area (Å²) in [5, 5.41) is 3.64. The predicted octanol–water partition coefficient (Wildman–Crippen LogP) is 3.73. The Labute approximate surface area is 113 Å². The molecule has 1 N–H and O–H groups in total. The fourth-order valence-corrected chi connectivity index (χ4v) is 3.08. The van der Waals surface area contributed by atoms with E-state index in [0.717, 1.165) is 12.1 Å². The summed E-state index contributed by atoms with van der Waals surface area (Å²) in [6.07, 6.45) is 1.06. The molecule has 0 fully saturated rings. The highest BCUT2D eigenvalue weighted by molar-refractivity contribution is 7.09. The monoisotopic (exact) mass is 260 g/mol. The molecule has 0 amide bonds. The number of nitrogens with one attached hydrogen (secondary N) is 1. The van der Waals surface area contributed by atoms with Crippen LogP contribution in [0.3, 0.4) is 0 Å². The molecule has 0 aliphatic carbocycles. The number of hydrogen-bond acceptors (Lipinski definition) is 3. The summed E-state index contributed by atoms with van der Waals surface area (Å²) in [6.45, 7) is 6.52. The van der Waals surface area contributed by atoms with Gasteiger partial charge in [0.05, 0.1) is 11.2 Å². The van der Waals surface area contributed by atoms with Gasteiger partial charge in [-0.15, -0.1) is 11.3 Å². The number of aryl methyl sites for hydroxylation is 1. The van der Waals surface area contributed by atoms with Gasteiger partial charge in [0.15, 0.2) is 0 Å². The third-order valence-corrected chi connectivity index (χ3v) is 4.21. The fraction of sp³-hybridized carbons (Fsp3) is 0.400. The third-order valence-electron chi connectivity index (χ3n) is 3.10. The van der Waals surface area contributed by atoms with Gasteiger partial charge in [-0.25, -0.2) is 4.98 Å². The molecule has 0 radical (unpaired) electrons. The van der Waals surface area contributed by atoms with E-state index in [1.165, 1.54) is 10.4 Å². The van der Waals surface area contributed by atoms with E-state index >= 15 is 0 Å². The lowest BCUT2D eigenvalue weighted by atomic mass is 10.1. The van der Waals surface area contributed by atoms with E-state index in [2.05, 4.69) is 61.4 Å². The highest BCUT2D eigenvalue weighted by Gasteiger charge is 2.13. The summed E-state index contributed by atoms with van der Waals surface area (Å²) in [5.74, 6) is 0. The lowest BCUT2D eigenvalue weighted by Crippen LogP contribution is -2.30. The van der Waals surface area contributed by atoms with E-state index in [0.29, 0.717) is 12.1 Å². The van der Waals surface area contributed by atoms with Crippen molar-refractivity contribution >= 4 is 11.3 Å². The van der Waals surface area contributed by atoms with Crippen LogP contribution in [0, 0.1) is 6.92 Å². The predicted molar refractivity (Wildman–Crippen MR) is 78.0 cm³/mol. The topological polar surface area (TPSA) is 24.9 Å². The highest BCUT2D eigenvalue weighted by Crippen LogP contribution is 2.21. The van der Waals surface area contributed by atoms with Crippen LogP contribution in [0.4, 0.5) is 0 Å². The minimum Gasteiger partial charge on any atom is -0.307 e. The number of nitrogens with zero attached hydrogens (tertiary/aromatic N) is 1. The van der Waals surface area contributed by atoms with Crippen LogP contribution in [0.2, 0.25) is 0 Å². The van der Waals surface area contributed by atoms with Gasteiger partial charge in [0.2, 0.25) is 0 Å². The van der Waals surface area contributed by atoms with Crippen LogP contribution in [0.1, 0.15) is 36.0 Å². The zero-order valence-electron chi connectivity index (χ0n) is 11.2. The SMILES string of the molecule is Cc1ncsc1C(C)NC(C)Cc1ccccc1. The maximum atomic E-state index is 4.31. The molecule has 0 saturated carbocycles. The maximum Gasteiger partial charge on any atom is 0.0798 e. The second-order valence-corrected chi connectivity index (χ2v) is 5.67. The molecule has 0 spiro atoms. The van der Waals surface area contributed by atoms with Crippen molar-refractivity contribution in [1.82, 2.24) is 10.3 Å². The number of hydrogen-bond donors (Lipinski definition) is 1. The second-order valence-electron chi connectivity index (χ2n) is 4.78. The van der Waals surface area contributed by atoms with Crippen LogP contribution in [-0.2, 0) is 6.42 Å². The van der Waals surface area contributed by atoms with Crippen molar-refractivity contribution in [2.45, 2.75) is 39.3 Å². The van der Waals surface area contributed by atoms with Crippen LogP contribution >= 0.6 is 11.3 Å². The van der Waals surface area contributed by atoms with E-state index in [4.69, 9.17) is 0 Å². The Morgan fingerprint density at radius 2 is 1.94 bits per heavy atom. The lowest BCUT2D eigenvalue weighted by molar-refractivity contribution is 0.480. The van der Waals surface area contributed by atoms with Crippen molar-refractivity contribution in [2.24, 2.45) is 0 Å². The summed E-state index contributed by atoms with van der Waals surface area (Å²) in [6, 6.07) is 11.4. The lowest BCUT2D eigenvalue weighted by Gasteiger charge is -2.19. The summed E-state index contributed by atoms with van der Waals surface area (Å²) < 4.78 is 0. The zero-order chi connectivity index (χ0) is 13.0. The molecule has 96 valence electrons.